The summed E-state index contributed by atoms with van der Waals surface area (Å²) in [7, 11) is 0. The van der Waals surface area contributed by atoms with Gasteiger partial charge in [-0.1, -0.05) is 13.0 Å². The lowest BCUT2D eigenvalue weighted by atomic mass is 10.2. The van der Waals surface area contributed by atoms with E-state index in [1.54, 1.807) is 11.3 Å². The number of thiophene rings is 1. The number of nitrogens with zero attached hydrogens (tertiary/aromatic N) is 4. The van der Waals surface area contributed by atoms with Crippen molar-refractivity contribution in [3.05, 3.63) is 28.2 Å². The molecule has 1 saturated carbocycles. The molecule has 2 aliphatic rings. The molecule has 0 amide bonds. The summed E-state index contributed by atoms with van der Waals surface area (Å²) in [6.45, 7) is 6.08. The fourth-order valence-electron chi connectivity index (χ4n) is 3.42. The molecule has 1 aliphatic carbocycles. The van der Waals surface area contributed by atoms with Gasteiger partial charge < -0.3 is 9.64 Å². The Kier molecular flexibility index (Phi) is 4.85. The smallest absolute Gasteiger partial charge is 0.227 e. The van der Waals surface area contributed by atoms with Crippen LogP contribution in [-0.2, 0) is 11.3 Å². The van der Waals surface area contributed by atoms with Crippen LogP contribution in [0.25, 0.3) is 0 Å². The molecule has 2 aromatic heterocycles. The van der Waals surface area contributed by atoms with Crippen molar-refractivity contribution in [1.82, 2.24) is 14.8 Å². The summed E-state index contributed by atoms with van der Waals surface area (Å²) >= 11 is 1.80. The van der Waals surface area contributed by atoms with Gasteiger partial charge in [0.2, 0.25) is 5.95 Å². The maximum atomic E-state index is 5.91. The predicted octanol–water partition coefficient (Wildman–Crippen LogP) is 3.87. The quantitative estimate of drug-likeness (QED) is 0.728. The van der Waals surface area contributed by atoms with Crippen molar-refractivity contribution in [2.45, 2.75) is 51.7 Å². The van der Waals surface area contributed by atoms with E-state index < -0.39 is 0 Å². The minimum absolute atomic E-state index is 0.107. The normalized spacial score (nSPS) is 20.6. The Hall–Kier alpha value is -1.40. The molecule has 0 spiro atoms. The van der Waals surface area contributed by atoms with Crippen LogP contribution in [0, 0.1) is 5.92 Å². The van der Waals surface area contributed by atoms with E-state index in [1.807, 2.05) is 0 Å². The number of hydrogen-bond donors (Lipinski definition) is 0. The van der Waals surface area contributed by atoms with Crippen molar-refractivity contribution in [2.75, 3.05) is 24.6 Å². The predicted molar refractivity (Wildman–Crippen MR) is 96.6 cm³/mol. The number of anilines is 1. The molecule has 24 heavy (non-hydrogen) atoms. The van der Waals surface area contributed by atoms with Gasteiger partial charge >= 0.3 is 0 Å². The van der Waals surface area contributed by atoms with Gasteiger partial charge in [-0.05, 0) is 49.5 Å². The van der Waals surface area contributed by atoms with Crippen LogP contribution in [0.5, 0.6) is 0 Å². The van der Waals surface area contributed by atoms with Crippen LogP contribution in [0.2, 0.25) is 0 Å². The Morgan fingerprint density at radius 1 is 1.33 bits per heavy atom. The van der Waals surface area contributed by atoms with Gasteiger partial charge in [-0.25, -0.2) is 0 Å². The topological polar surface area (TPSA) is 43.2 Å². The van der Waals surface area contributed by atoms with Gasteiger partial charge in [0.05, 0.1) is 6.54 Å². The molecule has 0 unspecified atom stereocenters. The lowest BCUT2D eigenvalue weighted by Gasteiger charge is -2.24. The van der Waals surface area contributed by atoms with Gasteiger partial charge in [0.1, 0.15) is 6.10 Å². The third kappa shape index (κ3) is 3.49. The summed E-state index contributed by atoms with van der Waals surface area (Å²) in [4.78, 5) is 3.79. The Balaban J connectivity index is 1.65. The van der Waals surface area contributed by atoms with Gasteiger partial charge in [0, 0.05) is 24.6 Å². The maximum Gasteiger partial charge on any atom is 0.227 e. The highest BCUT2D eigenvalue weighted by atomic mass is 32.1. The summed E-state index contributed by atoms with van der Waals surface area (Å²) in [5.41, 5.74) is 0. The summed E-state index contributed by atoms with van der Waals surface area (Å²) in [6.07, 6.45) is 6.13. The first-order valence-electron chi connectivity index (χ1n) is 9.17. The van der Waals surface area contributed by atoms with E-state index in [4.69, 9.17) is 4.74 Å². The molecule has 1 aliphatic heterocycles. The van der Waals surface area contributed by atoms with Crippen molar-refractivity contribution in [1.29, 1.82) is 0 Å². The summed E-state index contributed by atoms with van der Waals surface area (Å²) in [6, 6.07) is 4.31. The third-order valence-corrected chi connectivity index (χ3v) is 5.68. The van der Waals surface area contributed by atoms with E-state index in [9.17, 15) is 0 Å². The number of ether oxygens (including phenoxy) is 1. The van der Waals surface area contributed by atoms with Crippen molar-refractivity contribution in [2.24, 2.45) is 5.92 Å². The van der Waals surface area contributed by atoms with Crippen molar-refractivity contribution in [3.8, 4) is 0 Å². The Bertz CT molecular complexity index is 644. The Morgan fingerprint density at radius 3 is 2.92 bits per heavy atom. The molecule has 0 N–H and O–H groups in total. The molecule has 4 rings (SSSR count). The first-order valence-corrected chi connectivity index (χ1v) is 10.0. The first-order chi connectivity index (χ1) is 11.8. The Labute approximate surface area is 147 Å². The molecule has 0 bridgehead atoms. The molecule has 0 radical (unpaired) electrons. The van der Waals surface area contributed by atoms with Crippen LogP contribution >= 0.6 is 11.3 Å². The fourth-order valence-corrected chi connectivity index (χ4v) is 4.12. The monoisotopic (exact) mass is 346 g/mol. The van der Waals surface area contributed by atoms with E-state index in [0.29, 0.717) is 0 Å². The highest BCUT2D eigenvalue weighted by Crippen LogP contribution is 2.34. The summed E-state index contributed by atoms with van der Waals surface area (Å²) in [5, 5.41) is 11.3. The number of aromatic nitrogens is 3. The molecule has 1 saturated heterocycles. The second-order valence-corrected chi connectivity index (χ2v) is 7.95. The van der Waals surface area contributed by atoms with Crippen LogP contribution in [0.3, 0.4) is 0 Å². The van der Waals surface area contributed by atoms with E-state index in [-0.39, 0.29) is 6.10 Å². The molecule has 2 fully saturated rings. The average molecular weight is 346 g/mol. The standard InChI is InChI=1S/C18H26N4OS/c1-2-9-21(12-14-7-8-14)18-20-19-17(16-6-3-10-23-16)22(18)13-15-5-4-11-24-15/h4-5,11,14,16H,2-3,6-10,12-13H2,1H3/t16-/m1/s1. The minimum atomic E-state index is 0.107. The number of hydrogen-bond acceptors (Lipinski definition) is 5. The van der Waals surface area contributed by atoms with Gasteiger partial charge in [-0.15, -0.1) is 21.5 Å². The molecule has 3 heterocycles. The van der Waals surface area contributed by atoms with Crippen molar-refractivity contribution >= 4 is 17.3 Å². The Morgan fingerprint density at radius 2 is 2.25 bits per heavy atom. The van der Waals surface area contributed by atoms with E-state index in [2.05, 4.69) is 44.1 Å². The zero-order valence-corrected chi connectivity index (χ0v) is 15.2. The molecule has 2 aromatic rings. The molecule has 0 aromatic carbocycles. The van der Waals surface area contributed by atoms with Crippen LogP contribution in [0.1, 0.15) is 55.8 Å². The molecular formula is C18H26N4OS. The highest BCUT2D eigenvalue weighted by Gasteiger charge is 2.30. The molecule has 1 atom stereocenters. The van der Waals surface area contributed by atoms with E-state index in [1.165, 1.54) is 17.7 Å². The maximum absolute atomic E-state index is 5.91. The molecule has 6 heteroatoms. The summed E-state index contributed by atoms with van der Waals surface area (Å²) in [5.74, 6) is 2.88. The van der Waals surface area contributed by atoms with Gasteiger partial charge in [0.25, 0.3) is 0 Å². The van der Waals surface area contributed by atoms with Crippen LogP contribution in [-0.4, -0.2) is 34.5 Å². The van der Waals surface area contributed by atoms with Crippen LogP contribution in [0.4, 0.5) is 5.95 Å². The van der Waals surface area contributed by atoms with Crippen molar-refractivity contribution < 1.29 is 4.74 Å². The lowest BCUT2D eigenvalue weighted by Crippen LogP contribution is -2.30. The molecule has 5 nitrogen and oxygen atoms in total. The number of rotatable bonds is 8. The zero-order chi connectivity index (χ0) is 16.4. The van der Waals surface area contributed by atoms with Crippen molar-refractivity contribution in [3.63, 3.8) is 0 Å². The van der Waals surface area contributed by atoms with E-state index >= 15 is 0 Å². The van der Waals surface area contributed by atoms with Crippen LogP contribution in [0.15, 0.2) is 17.5 Å². The van der Waals surface area contributed by atoms with Gasteiger partial charge in [-0.2, -0.15) is 0 Å². The molecular weight excluding hydrogens is 320 g/mol. The molecule has 130 valence electrons. The highest BCUT2D eigenvalue weighted by molar-refractivity contribution is 7.09. The second kappa shape index (κ2) is 7.23. The lowest BCUT2D eigenvalue weighted by molar-refractivity contribution is 0.102. The minimum Gasteiger partial charge on any atom is -0.370 e. The SMILES string of the molecule is CCCN(CC1CC1)c1nnc([C@H]2CCCO2)n1Cc1cccs1. The third-order valence-electron chi connectivity index (χ3n) is 4.82. The van der Waals surface area contributed by atoms with Crippen LogP contribution < -0.4 is 4.90 Å². The van der Waals surface area contributed by atoms with Gasteiger partial charge in [-0.3, -0.25) is 4.57 Å². The van der Waals surface area contributed by atoms with Gasteiger partial charge in [0.15, 0.2) is 5.82 Å². The van der Waals surface area contributed by atoms with E-state index in [0.717, 1.165) is 63.2 Å². The average Bonchev–Trinajstić information content (AvgIpc) is 3.04. The summed E-state index contributed by atoms with van der Waals surface area (Å²) < 4.78 is 8.21. The first kappa shape index (κ1) is 16.1. The largest absolute Gasteiger partial charge is 0.370 e. The second-order valence-electron chi connectivity index (χ2n) is 6.91. The fraction of sp³-hybridized carbons (Fsp3) is 0.667. The zero-order valence-electron chi connectivity index (χ0n) is 14.4.